The van der Waals surface area contributed by atoms with Crippen LogP contribution in [0.25, 0.3) is 11.5 Å². The van der Waals surface area contributed by atoms with Crippen LogP contribution in [0.1, 0.15) is 11.3 Å². The van der Waals surface area contributed by atoms with E-state index < -0.39 is 0 Å². The number of aryl methyl sites for hydroxylation is 1. The van der Waals surface area contributed by atoms with Gasteiger partial charge in [0.05, 0.1) is 5.69 Å². The van der Waals surface area contributed by atoms with Crippen molar-refractivity contribution in [3.63, 3.8) is 0 Å². The number of hydrogen-bond donors (Lipinski definition) is 1. The molecule has 2 N–H and O–H groups in total. The molecule has 0 aliphatic heterocycles. The minimum Gasteiger partial charge on any atom is -0.444 e. The van der Waals surface area contributed by atoms with E-state index >= 15 is 0 Å². The van der Waals surface area contributed by atoms with E-state index in [9.17, 15) is 0 Å². The molecular formula is C11H11ClN2O. The minimum atomic E-state index is 0.378. The lowest BCUT2D eigenvalue weighted by atomic mass is 10.1. The maximum absolute atomic E-state index is 6.01. The first-order valence-electron chi connectivity index (χ1n) is 4.61. The summed E-state index contributed by atoms with van der Waals surface area (Å²) >= 11 is 6.01. The second-order valence-corrected chi connectivity index (χ2v) is 3.72. The van der Waals surface area contributed by atoms with Gasteiger partial charge in [-0.05, 0) is 24.6 Å². The Bertz CT molecular complexity index is 479. The van der Waals surface area contributed by atoms with E-state index in [2.05, 4.69) is 4.98 Å². The first-order valence-corrected chi connectivity index (χ1v) is 4.99. The zero-order valence-electron chi connectivity index (χ0n) is 8.33. The smallest absolute Gasteiger partial charge is 0.226 e. The topological polar surface area (TPSA) is 52.0 Å². The Morgan fingerprint density at radius 1 is 1.47 bits per heavy atom. The van der Waals surface area contributed by atoms with Crippen LogP contribution in [0, 0.1) is 6.92 Å². The van der Waals surface area contributed by atoms with Crippen molar-refractivity contribution in [3.05, 3.63) is 40.7 Å². The van der Waals surface area contributed by atoms with Crippen molar-refractivity contribution in [3.8, 4) is 11.5 Å². The van der Waals surface area contributed by atoms with Crippen LogP contribution in [0.15, 0.2) is 28.9 Å². The minimum absolute atomic E-state index is 0.378. The van der Waals surface area contributed by atoms with Crippen LogP contribution in [-0.4, -0.2) is 4.98 Å². The summed E-state index contributed by atoms with van der Waals surface area (Å²) in [5.74, 6) is 0.553. The molecule has 1 heterocycles. The van der Waals surface area contributed by atoms with Gasteiger partial charge in [-0.3, -0.25) is 0 Å². The number of oxazole rings is 1. The zero-order valence-corrected chi connectivity index (χ0v) is 9.08. The molecule has 1 aromatic carbocycles. The van der Waals surface area contributed by atoms with Gasteiger partial charge in [-0.25, -0.2) is 4.98 Å². The molecule has 0 aliphatic rings. The van der Waals surface area contributed by atoms with E-state index in [0.717, 1.165) is 16.8 Å². The van der Waals surface area contributed by atoms with Crippen LogP contribution in [0.3, 0.4) is 0 Å². The molecule has 0 atom stereocenters. The average molecular weight is 223 g/mol. The van der Waals surface area contributed by atoms with Gasteiger partial charge in [-0.1, -0.05) is 17.7 Å². The van der Waals surface area contributed by atoms with Crippen LogP contribution in [-0.2, 0) is 6.54 Å². The van der Waals surface area contributed by atoms with E-state index in [1.54, 1.807) is 6.26 Å². The fourth-order valence-corrected chi connectivity index (χ4v) is 1.44. The molecule has 0 saturated carbocycles. The van der Waals surface area contributed by atoms with Crippen LogP contribution in [0.4, 0.5) is 0 Å². The number of nitrogens with zero attached hydrogens (tertiary/aromatic N) is 1. The van der Waals surface area contributed by atoms with Crippen molar-refractivity contribution >= 4 is 11.6 Å². The molecule has 0 amide bonds. The third-order valence-corrected chi connectivity index (χ3v) is 2.59. The summed E-state index contributed by atoms with van der Waals surface area (Å²) in [6, 6.07) is 5.69. The second-order valence-electron chi connectivity index (χ2n) is 3.31. The van der Waals surface area contributed by atoms with Gasteiger partial charge < -0.3 is 10.2 Å². The standard InChI is InChI=1S/C11H11ClN2O/c1-7-2-3-8(4-10(7)12)11-14-9(5-13)6-15-11/h2-4,6H,5,13H2,1H3. The first kappa shape index (κ1) is 10.2. The molecule has 2 rings (SSSR count). The van der Waals surface area contributed by atoms with E-state index in [1.165, 1.54) is 0 Å². The summed E-state index contributed by atoms with van der Waals surface area (Å²) < 4.78 is 5.29. The molecule has 0 aliphatic carbocycles. The highest BCUT2D eigenvalue weighted by Gasteiger charge is 2.06. The first-order chi connectivity index (χ1) is 7.20. The van der Waals surface area contributed by atoms with Crippen molar-refractivity contribution in [2.75, 3.05) is 0 Å². The van der Waals surface area contributed by atoms with Crippen molar-refractivity contribution in [2.45, 2.75) is 13.5 Å². The molecule has 0 saturated heterocycles. The number of aromatic nitrogens is 1. The molecule has 0 unspecified atom stereocenters. The van der Waals surface area contributed by atoms with Crippen molar-refractivity contribution in [1.29, 1.82) is 0 Å². The van der Waals surface area contributed by atoms with E-state index in [0.29, 0.717) is 17.5 Å². The summed E-state index contributed by atoms with van der Waals surface area (Å²) in [6.07, 6.45) is 1.56. The van der Waals surface area contributed by atoms with Crippen LogP contribution < -0.4 is 5.73 Å². The fourth-order valence-electron chi connectivity index (χ4n) is 1.26. The van der Waals surface area contributed by atoms with Crippen LogP contribution in [0.2, 0.25) is 5.02 Å². The largest absolute Gasteiger partial charge is 0.444 e. The van der Waals surface area contributed by atoms with Crippen molar-refractivity contribution in [1.82, 2.24) is 4.98 Å². The van der Waals surface area contributed by atoms with Gasteiger partial charge in [0, 0.05) is 17.1 Å². The van der Waals surface area contributed by atoms with Gasteiger partial charge in [0.2, 0.25) is 5.89 Å². The Kier molecular flexibility index (Phi) is 2.75. The molecular weight excluding hydrogens is 212 g/mol. The summed E-state index contributed by atoms with van der Waals surface area (Å²) in [5, 5.41) is 0.708. The Balaban J connectivity index is 2.40. The monoisotopic (exact) mass is 222 g/mol. The Morgan fingerprint density at radius 2 is 2.27 bits per heavy atom. The third-order valence-electron chi connectivity index (χ3n) is 2.18. The molecule has 15 heavy (non-hydrogen) atoms. The lowest BCUT2D eigenvalue weighted by Gasteiger charge is -1.99. The normalized spacial score (nSPS) is 10.6. The van der Waals surface area contributed by atoms with Crippen molar-refractivity contribution in [2.24, 2.45) is 5.73 Å². The maximum atomic E-state index is 6.01. The summed E-state index contributed by atoms with van der Waals surface area (Å²) in [4.78, 5) is 4.22. The predicted octanol–water partition coefficient (Wildman–Crippen LogP) is 2.76. The Labute approximate surface area is 92.9 Å². The third kappa shape index (κ3) is 2.03. The second kappa shape index (κ2) is 4.04. The molecule has 0 spiro atoms. The highest BCUT2D eigenvalue weighted by Crippen LogP contribution is 2.24. The number of rotatable bonds is 2. The number of hydrogen-bond acceptors (Lipinski definition) is 3. The molecule has 2 aromatic rings. The molecule has 1 aromatic heterocycles. The van der Waals surface area contributed by atoms with E-state index in [1.807, 2.05) is 25.1 Å². The quantitative estimate of drug-likeness (QED) is 0.850. The van der Waals surface area contributed by atoms with E-state index in [4.69, 9.17) is 21.8 Å². The van der Waals surface area contributed by atoms with Crippen molar-refractivity contribution < 1.29 is 4.42 Å². The molecule has 3 nitrogen and oxygen atoms in total. The van der Waals surface area contributed by atoms with Gasteiger partial charge in [0.1, 0.15) is 6.26 Å². The number of halogens is 1. The molecule has 0 radical (unpaired) electrons. The summed E-state index contributed by atoms with van der Waals surface area (Å²) in [5.41, 5.74) is 8.08. The Morgan fingerprint density at radius 3 is 2.87 bits per heavy atom. The Hall–Kier alpha value is -1.32. The summed E-state index contributed by atoms with van der Waals surface area (Å²) in [6.45, 7) is 2.33. The molecule has 4 heteroatoms. The molecule has 0 fully saturated rings. The highest BCUT2D eigenvalue weighted by atomic mass is 35.5. The van der Waals surface area contributed by atoms with Gasteiger partial charge in [0.25, 0.3) is 0 Å². The lowest BCUT2D eigenvalue weighted by molar-refractivity contribution is 0.572. The van der Waals surface area contributed by atoms with Crippen LogP contribution >= 0.6 is 11.6 Å². The zero-order chi connectivity index (χ0) is 10.8. The lowest BCUT2D eigenvalue weighted by Crippen LogP contribution is -1.95. The molecule has 0 bridgehead atoms. The van der Waals surface area contributed by atoms with Crippen LogP contribution in [0.5, 0.6) is 0 Å². The number of benzene rings is 1. The van der Waals surface area contributed by atoms with Gasteiger partial charge in [-0.2, -0.15) is 0 Å². The number of nitrogens with two attached hydrogens (primary N) is 1. The van der Waals surface area contributed by atoms with E-state index in [-0.39, 0.29) is 0 Å². The average Bonchev–Trinajstić information content (AvgIpc) is 2.70. The fraction of sp³-hybridized carbons (Fsp3) is 0.182. The van der Waals surface area contributed by atoms with Gasteiger partial charge in [-0.15, -0.1) is 0 Å². The molecule has 78 valence electrons. The highest BCUT2D eigenvalue weighted by molar-refractivity contribution is 6.31. The van der Waals surface area contributed by atoms with Gasteiger partial charge in [0.15, 0.2) is 0 Å². The SMILES string of the molecule is Cc1ccc(-c2nc(CN)co2)cc1Cl. The van der Waals surface area contributed by atoms with Gasteiger partial charge >= 0.3 is 0 Å². The summed E-state index contributed by atoms with van der Waals surface area (Å²) in [7, 11) is 0. The predicted molar refractivity (Wildman–Crippen MR) is 59.6 cm³/mol. The maximum Gasteiger partial charge on any atom is 0.226 e.